The Hall–Kier alpha value is -5.62. The van der Waals surface area contributed by atoms with Crippen LogP contribution in [0.2, 0.25) is 0 Å². The number of carbonyl (C=O) groups excluding carboxylic acids is 1. The number of fused-ring (bicyclic) bond motifs is 2. The number of rotatable bonds is 7. The van der Waals surface area contributed by atoms with Crippen LogP contribution in [-0.4, -0.2) is 40.6 Å². The number of hydrogen-bond acceptors (Lipinski definition) is 9. The van der Waals surface area contributed by atoms with Gasteiger partial charge in [-0.15, -0.1) is 0 Å². The molecule has 3 aromatic heterocycles. The van der Waals surface area contributed by atoms with Crippen molar-refractivity contribution in [3.05, 3.63) is 112 Å². The number of nitrogens with two attached hydrogens (primary N) is 1. The lowest BCUT2D eigenvalue weighted by Gasteiger charge is -2.16. The maximum Gasteiger partial charge on any atom is 0.274 e. The molecule has 0 spiro atoms. The number of nitrogens with one attached hydrogen (secondary N) is 3. The van der Waals surface area contributed by atoms with Crippen molar-refractivity contribution in [2.75, 3.05) is 11.1 Å². The van der Waals surface area contributed by atoms with Crippen LogP contribution in [0.3, 0.4) is 0 Å². The van der Waals surface area contributed by atoms with Crippen LogP contribution < -0.4 is 22.1 Å². The van der Waals surface area contributed by atoms with Gasteiger partial charge in [-0.05, 0) is 54.8 Å². The van der Waals surface area contributed by atoms with Crippen molar-refractivity contribution in [1.29, 1.82) is 0 Å². The molecule has 6 aromatic rings. The number of nitrogens with zero attached hydrogens (tertiary/aromatic N) is 5. The van der Waals surface area contributed by atoms with Gasteiger partial charge in [0, 0.05) is 24.2 Å². The number of carbonyl (C=O) groups is 1. The number of aromatic amines is 1. The quantitative estimate of drug-likeness (QED) is 0.137. The largest absolute Gasteiger partial charge is 0.382 e. The van der Waals surface area contributed by atoms with Gasteiger partial charge in [-0.3, -0.25) is 19.4 Å². The zero-order valence-electron chi connectivity index (χ0n) is 23.7. The van der Waals surface area contributed by atoms with Gasteiger partial charge < -0.3 is 16.0 Å². The first-order valence-electron chi connectivity index (χ1n) is 13.7. The second-order valence-corrected chi connectivity index (χ2v) is 9.76. The van der Waals surface area contributed by atoms with Crippen molar-refractivity contribution >= 4 is 39.5 Å². The number of H-pyrrole nitrogens is 1. The fourth-order valence-corrected chi connectivity index (χ4v) is 4.79. The standard InChI is InChI=1S/C26H26N4O3.C5H5N5/c1-3-8-23-28-22-12-7-11-21(24(22)26(32)30(23)19-9-5-4-6-10-19)27-16-18-13-14-20(17(2)15-18)25(31)29-33;6-4-3-5(9-1-7-3)10-2-8-4/h4-7,9-15,27,33H,3,8,16H2,1-2H3,(H,29,31);1-2H,(H3,6,7,8,9,10). The second-order valence-electron chi connectivity index (χ2n) is 9.76. The highest BCUT2D eigenvalue weighted by Gasteiger charge is 2.15. The van der Waals surface area contributed by atoms with Gasteiger partial charge in [0.25, 0.3) is 11.5 Å². The van der Waals surface area contributed by atoms with Crippen molar-refractivity contribution in [3.8, 4) is 5.69 Å². The topological polar surface area (TPSA) is 177 Å². The van der Waals surface area contributed by atoms with Crippen molar-refractivity contribution in [3.63, 3.8) is 0 Å². The maximum absolute atomic E-state index is 13.7. The van der Waals surface area contributed by atoms with E-state index in [1.54, 1.807) is 16.1 Å². The number of amides is 1. The summed E-state index contributed by atoms with van der Waals surface area (Å²) in [6, 6.07) is 20.6. The molecule has 0 aliphatic heterocycles. The Balaban J connectivity index is 0.000000308. The Labute approximate surface area is 246 Å². The Morgan fingerprint density at radius 1 is 1.05 bits per heavy atom. The van der Waals surface area contributed by atoms with Crippen LogP contribution in [0.4, 0.5) is 11.5 Å². The molecule has 0 radical (unpaired) electrons. The maximum atomic E-state index is 13.7. The Morgan fingerprint density at radius 3 is 2.58 bits per heavy atom. The molecule has 12 heteroatoms. The normalized spacial score (nSPS) is 10.8. The summed E-state index contributed by atoms with van der Waals surface area (Å²) in [5, 5.41) is 12.8. The van der Waals surface area contributed by atoms with E-state index < -0.39 is 5.91 Å². The van der Waals surface area contributed by atoms with Gasteiger partial charge in [-0.25, -0.2) is 25.4 Å². The van der Waals surface area contributed by atoms with Crippen LogP contribution in [0.1, 0.15) is 40.7 Å². The van der Waals surface area contributed by atoms with E-state index >= 15 is 0 Å². The average Bonchev–Trinajstić information content (AvgIpc) is 3.51. The van der Waals surface area contributed by atoms with E-state index in [0.717, 1.165) is 29.1 Å². The number of imidazole rings is 1. The average molecular weight is 578 g/mol. The summed E-state index contributed by atoms with van der Waals surface area (Å²) in [6.07, 6.45) is 4.51. The minimum Gasteiger partial charge on any atom is -0.382 e. The number of hydroxylamine groups is 1. The van der Waals surface area contributed by atoms with Crippen LogP contribution >= 0.6 is 0 Å². The SMILES string of the molecule is CCCc1nc2cccc(NCc3ccc(C(=O)NO)c(C)c3)c2c(=O)n1-c1ccccc1.Nc1ncnc2nc[nH]c12. The predicted molar refractivity (Wildman–Crippen MR) is 165 cm³/mol. The number of aryl methyl sites for hydroxylation is 2. The zero-order chi connectivity index (χ0) is 30.3. The van der Waals surface area contributed by atoms with Crippen molar-refractivity contribution in [2.45, 2.75) is 33.2 Å². The molecule has 0 aliphatic carbocycles. The molecule has 12 nitrogen and oxygen atoms in total. The highest BCUT2D eigenvalue weighted by molar-refractivity contribution is 5.95. The lowest BCUT2D eigenvalue weighted by molar-refractivity contribution is 0.0705. The molecule has 0 saturated heterocycles. The zero-order valence-corrected chi connectivity index (χ0v) is 23.7. The van der Waals surface area contributed by atoms with Crippen molar-refractivity contribution in [1.82, 2.24) is 35.0 Å². The molecule has 6 N–H and O–H groups in total. The molecule has 0 bridgehead atoms. The third kappa shape index (κ3) is 6.19. The molecule has 0 fully saturated rings. The number of aromatic nitrogens is 6. The third-order valence-corrected chi connectivity index (χ3v) is 6.83. The van der Waals surface area contributed by atoms with E-state index in [1.807, 2.05) is 67.6 Å². The predicted octanol–water partition coefficient (Wildman–Crippen LogP) is 4.31. The molecule has 3 aromatic carbocycles. The van der Waals surface area contributed by atoms with Crippen molar-refractivity contribution < 1.29 is 10.0 Å². The molecule has 43 heavy (non-hydrogen) atoms. The van der Waals surface area contributed by atoms with E-state index in [9.17, 15) is 9.59 Å². The molecular formula is C31H31N9O3. The minimum atomic E-state index is -0.545. The molecule has 1 amide bonds. The summed E-state index contributed by atoms with van der Waals surface area (Å²) >= 11 is 0. The lowest BCUT2D eigenvalue weighted by atomic mass is 10.0. The molecule has 3 heterocycles. The van der Waals surface area contributed by atoms with Gasteiger partial charge >= 0.3 is 0 Å². The summed E-state index contributed by atoms with van der Waals surface area (Å²) in [4.78, 5) is 44.6. The molecule has 0 saturated carbocycles. The molecule has 0 aliphatic rings. The van der Waals surface area contributed by atoms with Gasteiger partial charge in [-0.2, -0.15) is 0 Å². The third-order valence-electron chi connectivity index (χ3n) is 6.83. The minimum absolute atomic E-state index is 0.108. The summed E-state index contributed by atoms with van der Waals surface area (Å²) in [7, 11) is 0. The monoisotopic (exact) mass is 577 g/mol. The van der Waals surface area contributed by atoms with E-state index in [4.69, 9.17) is 15.9 Å². The number of anilines is 2. The molecule has 0 atom stereocenters. The van der Waals surface area contributed by atoms with Crippen molar-refractivity contribution in [2.24, 2.45) is 0 Å². The Morgan fingerprint density at radius 2 is 1.86 bits per heavy atom. The van der Waals surface area contributed by atoms with Crippen LogP contribution in [0.5, 0.6) is 0 Å². The number of benzene rings is 3. The molecule has 0 unspecified atom stereocenters. The summed E-state index contributed by atoms with van der Waals surface area (Å²) < 4.78 is 1.70. The van der Waals surface area contributed by atoms with Gasteiger partial charge in [0.05, 0.1) is 22.9 Å². The van der Waals surface area contributed by atoms with E-state index in [1.165, 1.54) is 12.7 Å². The summed E-state index contributed by atoms with van der Waals surface area (Å²) in [5.41, 5.74) is 12.6. The van der Waals surface area contributed by atoms with Gasteiger partial charge in [0.15, 0.2) is 11.5 Å². The van der Waals surface area contributed by atoms with Crippen LogP contribution in [0.15, 0.2) is 84.2 Å². The fraction of sp³-hybridized carbons (Fsp3) is 0.161. The van der Waals surface area contributed by atoms with Crippen LogP contribution in [0, 0.1) is 6.92 Å². The van der Waals surface area contributed by atoms with Crippen LogP contribution in [-0.2, 0) is 13.0 Å². The molecule has 6 rings (SSSR count). The Kier molecular flexibility index (Phi) is 8.68. The van der Waals surface area contributed by atoms with Crippen LogP contribution in [0.25, 0.3) is 27.8 Å². The first-order chi connectivity index (χ1) is 20.9. The van der Waals surface area contributed by atoms with E-state index in [0.29, 0.717) is 52.1 Å². The van der Waals surface area contributed by atoms with Gasteiger partial charge in [-0.1, -0.05) is 43.3 Å². The van der Waals surface area contributed by atoms with E-state index in [2.05, 4.69) is 32.2 Å². The van der Waals surface area contributed by atoms with Gasteiger partial charge in [0.1, 0.15) is 17.7 Å². The summed E-state index contributed by atoms with van der Waals surface area (Å²) in [5.74, 6) is 0.630. The molecular weight excluding hydrogens is 546 g/mol. The number of nitrogen functional groups attached to an aromatic ring is 1. The summed E-state index contributed by atoms with van der Waals surface area (Å²) in [6.45, 7) is 4.34. The second kappa shape index (κ2) is 12.9. The Bertz CT molecular complexity index is 1950. The molecule has 218 valence electrons. The fourth-order valence-electron chi connectivity index (χ4n) is 4.79. The van der Waals surface area contributed by atoms with Gasteiger partial charge in [0.2, 0.25) is 0 Å². The lowest BCUT2D eigenvalue weighted by Crippen LogP contribution is -2.24. The smallest absolute Gasteiger partial charge is 0.274 e. The highest BCUT2D eigenvalue weighted by atomic mass is 16.5. The first kappa shape index (κ1) is 28.9. The highest BCUT2D eigenvalue weighted by Crippen LogP contribution is 2.22. The van der Waals surface area contributed by atoms with E-state index in [-0.39, 0.29) is 5.56 Å². The number of para-hydroxylation sites is 1. The number of hydrogen-bond donors (Lipinski definition) is 5. The first-order valence-corrected chi connectivity index (χ1v) is 13.7.